The van der Waals surface area contributed by atoms with Crippen molar-refractivity contribution in [3.8, 4) is 0 Å². The van der Waals surface area contributed by atoms with Gasteiger partial charge in [-0.2, -0.15) is 5.10 Å². The average Bonchev–Trinajstić information content (AvgIpc) is 3.33. The Balaban J connectivity index is 1.40. The van der Waals surface area contributed by atoms with Crippen LogP contribution in [0.3, 0.4) is 0 Å². The number of carbonyl (C=O) groups excluding carboxylic acids is 1. The number of alkyl halides is 2. The van der Waals surface area contributed by atoms with E-state index < -0.39 is 12.5 Å². The normalized spacial score (nSPS) is 24.9. The van der Waals surface area contributed by atoms with Gasteiger partial charge in [-0.1, -0.05) is 5.16 Å². The fourth-order valence-corrected chi connectivity index (χ4v) is 4.33. The Labute approximate surface area is 162 Å². The molecule has 1 N–H and O–H groups in total. The van der Waals surface area contributed by atoms with Crippen molar-refractivity contribution >= 4 is 11.7 Å². The van der Waals surface area contributed by atoms with Crippen LogP contribution in [-0.2, 0) is 11.2 Å². The van der Waals surface area contributed by atoms with Crippen LogP contribution in [-0.4, -0.2) is 51.3 Å². The first-order valence-corrected chi connectivity index (χ1v) is 9.79. The molecule has 1 amide bonds. The van der Waals surface area contributed by atoms with Crippen molar-refractivity contribution in [2.45, 2.75) is 57.5 Å². The van der Waals surface area contributed by atoms with Gasteiger partial charge in [-0.25, -0.2) is 13.5 Å². The van der Waals surface area contributed by atoms with Crippen molar-refractivity contribution < 1.29 is 18.1 Å². The smallest absolute Gasteiger partial charge is 0.260 e. The second kappa shape index (κ2) is 7.89. The number of amides is 1. The van der Waals surface area contributed by atoms with Crippen molar-refractivity contribution in [1.82, 2.24) is 19.8 Å². The van der Waals surface area contributed by atoms with Gasteiger partial charge in [0.25, 0.3) is 6.43 Å². The Morgan fingerprint density at radius 3 is 3.07 bits per heavy atom. The summed E-state index contributed by atoms with van der Waals surface area (Å²) in [5.74, 6) is 1.56. The van der Waals surface area contributed by atoms with Crippen molar-refractivity contribution in [1.29, 1.82) is 0 Å². The van der Waals surface area contributed by atoms with Crippen molar-refractivity contribution in [3.05, 3.63) is 29.8 Å². The second-order valence-electron chi connectivity index (χ2n) is 7.72. The van der Waals surface area contributed by atoms with Crippen molar-refractivity contribution in [3.63, 3.8) is 0 Å². The third-order valence-corrected chi connectivity index (χ3v) is 5.75. The Hall–Kier alpha value is -2.45. The van der Waals surface area contributed by atoms with Crippen LogP contribution in [0.2, 0.25) is 0 Å². The van der Waals surface area contributed by atoms with Gasteiger partial charge in [0.05, 0.1) is 11.9 Å². The summed E-state index contributed by atoms with van der Waals surface area (Å²) in [5.41, 5.74) is 0.724. The molecule has 0 aliphatic carbocycles. The quantitative estimate of drug-likeness (QED) is 0.845. The van der Waals surface area contributed by atoms with Crippen LogP contribution >= 0.6 is 0 Å². The molecule has 0 spiro atoms. The van der Waals surface area contributed by atoms with E-state index in [1.165, 1.54) is 4.68 Å². The average molecular weight is 393 g/mol. The summed E-state index contributed by atoms with van der Waals surface area (Å²) in [6.07, 6.45) is 2.11. The molecule has 2 aliphatic rings. The number of nitrogens with zero attached hydrogens (tertiary/aromatic N) is 4. The van der Waals surface area contributed by atoms with Crippen LogP contribution in [0.25, 0.3) is 0 Å². The van der Waals surface area contributed by atoms with E-state index in [1.807, 2.05) is 11.0 Å². The molecule has 1 fully saturated rings. The van der Waals surface area contributed by atoms with Gasteiger partial charge in [0.15, 0.2) is 0 Å². The molecule has 0 radical (unpaired) electrons. The van der Waals surface area contributed by atoms with Crippen molar-refractivity contribution in [2.24, 2.45) is 5.92 Å². The standard InChI is InChI=1S/C19H25F2N5O2/c1-12-9-17-23-15(10-16(19(20)21)26(17)24-12)13-3-2-8-25(11-13)18(27)5-4-14-6-7-22-28-14/h6-7,9,13,15-16,19,23H,2-5,8,10-11H2,1H3/t13-,15+,16-/m1/s1. The molecule has 2 aromatic rings. The molecular formula is C19H25F2N5O2. The lowest BCUT2D eigenvalue weighted by Crippen LogP contribution is -2.48. The monoisotopic (exact) mass is 393 g/mol. The third-order valence-electron chi connectivity index (χ3n) is 5.75. The highest BCUT2D eigenvalue weighted by molar-refractivity contribution is 5.76. The fourth-order valence-electron chi connectivity index (χ4n) is 4.33. The third kappa shape index (κ3) is 3.88. The van der Waals surface area contributed by atoms with E-state index >= 15 is 0 Å². The molecule has 152 valence electrons. The summed E-state index contributed by atoms with van der Waals surface area (Å²) >= 11 is 0. The molecule has 7 nitrogen and oxygen atoms in total. The zero-order chi connectivity index (χ0) is 19.7. The number of hydrogen-bond donors (Lipinski definition) is 1. The SMILES string of the molecule is Cc1cc2n(n1)[C@@H](C(F)F)C[C@@H]([C@@H]1CCCN(C(=O)CCc3ccno3)C1)N2. The summed E-state index contributed by atoms with van der Waals surface area (Å²) in [4.78, 5) is 14.5. The highest BCUT2D eigenvalue weighted by Gasteiger charge is 2.38. The molecule has 4 heterocycles. The zero-order valence-corrected chi connectivity index (χ0v) is 15.9. The number of hydrogen-bond acceptors (Lipinski definition) is 5. The molecule has 28 heavy (non-hydrogen) atoms. The first kappa shape index (κ1) is 18.9. The summed E-state index contributed by atoms with van der Waals surface area (Å²) in [6.45, 7) is 3.11. The molecule has 9 heteroatoms. The summed E-state index contributed by atoms with van der Waals surface area (Å²) in [5, 5.41) is 11.3. The van der Waals surface area contributed by atoms with Gasteiger partial charge in [-0.05, 0) is 32.1 Å². The van der Waals surface area contributed by atoms with Crippen LogP contribution in [0.15, 0.2) is 22.9 Å². The Bertz CT molecular complexity index is 807. The van der Waals surface area contributed by atoms with E-state index in [1.54, 1.807) is 19.2 Å². The molecule has 3 atom stereocenters. The van der Waals surface area contributed by atoms with Gasteiger partial charge in [0, 0.05) is 44.1 Å². The van der Waals surface area contributed by atoms with E-state index in [-0.39, 0.29) is 17.9 Å². The molecule has 0 bridgehead atoms. The van der Waals surface area contributed by atoms with Crippen molar-refractivity contribution in [2.75, 3.05) is 18.4 Å². The maximum Gasteiger partial charge on any atom is 0.260 e. The van der Waals surface area contributed by atoms with Crippen LogP contribution < -0.4 is 5.32 Å². The highest BCUT2D eigenvalue weighted by Crippen LogP contribution is 2.36. The number of anilines is 1. The summed E-state index contributed by atoms with van der Waals surface area (Å²) in [6, 6.07) is 2.55. The van der Waals surface area contributed by atoms with Gasteiger partial charge >= 0.3 is 0 Å². The highest BCUT2D eigenvalue weighted by atomic mass is 19.3. The minimum Gasteiger partial charge on any atom is -0.367 e. The summed E-state index contributed by atoms with van der Waals surface area (Å²) < 4.78 is 33.7. The molecule has 0 aromatic carbocycles. The number of nitrogens with one attached hydrogen (secondary N) is 1. The van der Waals surface area contributed by atoms with E-state index in [9.17, 15) is 13.6 Å². The molecular weight excluding hydrogens is 368 g/mol. The van der Waals surface area contributed by atoms with E-state index in [0.717, 1.165) is 18.5 Å². The lowest BCUT2D eigenvalue weighted by Gasteiger charge is -2.41. The van der Waals surface area contributed by atoms with Crippen LogP contribution in [0.4, 0.5) is 14.6 Å². The van der Waals surface area contributed by atoms with Crippen LogP contribution in [0.1, 0.15) is 43.2 Å². The number of fused-ring (bicyclic) bond motifs is 1. The second-order valence-corrected chi connectivity index (χ2v) is 7.72. The molecule has 0 unspecified atom stereocenters. The number of halogens is 2. The van der Waals surface area contributed by atoms with Gasteiger partial charge in [0.1, 0.15) is 17.6 Å². The molecule has 2 aromatic heterocycles. The van der Waals surface area contributed by atoms with E-state index in [4.69, 9.17) is 4.52 Å². The van der Waals surface area contributed by atoms with E-state index in [2.05, 4.69) is 15.6 Å². The number of aromatic nitrogens is 3. The molecule has 0 saturated carbocycles. The largest absolute Gasteiger partial charge is 0.367 e. The first-order valence-electron chi connectivity index (χ1n) is 9.79. The number of rotatable bonds is 5. The first-order chi connectivity index (χ1) is 13.5. The fraction of sp³-hybridized carbons (Fsp3) is 0.632. The van der Waals surface area contributed by atoms with Gasteiger partial charge < -0.3 is 14.7 Å². The minimum atomic E-state index is -2.47. The Kier molecular flexibility index (Phi) is 5.32. The maximum atomic E-state index is 13.6. The van der Waals surface area contributed by atoms with Gasteiger partial charge in [0.2, 0.25) is 5.91 Å². The molecule has 4 rings (SSSR count). The van der Waals surface area contributed by atoms with Gasteiger partial charge in [-0.15, -0.1) is 0 Å². The maximum absolute atomic E-state index is 13.6. The van der Waals surface area contributed by atoms with E-state index in [0.29, 0.717) is 43.9 Å². The minimum absolute atomic E-state index is 0.0724. The number of aryl methyl sites for hydroxylation is 2. The molecule has 2 aliphatic heterocycles. The number of piperidine rings is 1. The Morgan fingerprint density at radius 2 is 2.32 bits per heavy atom. The van der Waals surface area contributed by atoms with Gasteiger partial charge in [-0.3, -0.25) is 4.79 Å². The predicted molar refractivity (Wildman–Crippen MR) is 98.2 cm³/mol. The van der Waals surface area contributed by atoms with Crippen LogP contribution in [0, 0.1) is 12.8 Å². The topological polar surface area (TPSA) is 76.2 Å². The number of carbonyl (C=O) groups is 1. The summed E-state index contributed by atoms with van der Waals surface area (Å²) in [7, 11) is 0. The molecule has 1 saturated heterocycles. The van der Waals surface area contributed by atoms with Crippen LogP contribution in [0.5, 0.6) is 0 Å². The Morgan fingerprint density at radius 1 is 1.46 bits per heavy atom. The predicted octanol–water partition coefficient (Wildman–Crippen LogP) is 3.04. The lowest BCUT2D eigenvalue weighted by molar-refractivity contribution is -0.133. The zero-order valence-electron chi connectivity index (χ0n) is 15.9. The lowest BCUT2D eigenvalue weighted by atomic mass is 9.86. The number of likely N-dealkylation sites (tertiary alicyclic amines) is 1.